The van der Waals surface area contributed by atoms with Gasteiger partial charge in [-0.15, -0.1) is 0 Å². The largest absolute Gasteiger partial charge is 0.477 e. The zero-order chi connectivity index (χ0) is 13.8. The first kappa shape index (κ1) is 13.1. The molecule has 0 spiro atoms. The van der Waals surface area contributed by atoms with Crippen LogP contribution in [-0.2, 0) is 6.54 Å². The smallest absolute Gasteiger partial charge is 0.218 e. The summed E-state index contributed by atoms with van der Waals surface area (Å²) < 4.78 is 19.8. The molecule has 104 valence electrons. The van der Waals surface area contributed by atoms with Crippen LogP contribution in [-0.4, -0.2) is 18.1 Å². The maximum Gasteiger partial charge on any atom is 0.218 e. The lowest BCUT2D eigenvalue weighted by Crippen LogP contribution is -2.15. The first-order chi connectivity index (χ1) is 9.86. The second-order valence-corrected chi connectivity index (χ2v) is 4.85. The number of hydrogen-bond acceptors (Lipinski definition) is 3. The highest BCUT2D eigenvalue weighted by atomic mass is 19.1. The van der Waals surface area contributed by atoms with Crippen LogP contribution in [0.3, 0.4) is 0 Å². The van der Waals surface area contributed by atoms with Crippen molar-refractivity contribution in [2.75, 3.05) is 13.2 Å². The molecule has 2 aromatic rings. The molecule has 0 saturated heterocycles. The Kier molecular flexibility index (Phi) is 3.92. The monoisotopic (exact) mass is 272 g/mol. The van der Waals surface area contributed by atoms with E-state index in [9.17, 15) is 4.39 Å². The third kappa shape index (κ3) is 2.65. The average Bonchev–Trinajstić information content (AvgIpc) is 2.59. The summed E-state index contributed by atoms with van der Waals surface area (Å²) in [4.78, 5) is 4.29. The molecule has 1 N–H and O–H groups in total. The number of ether oxygens (including phenoxy) is 1. The van der Waals surface area contributed by atoms with Gasteiger partial charge in [-0.3, -0.25) is 0 Å². The topological polar surface area (TPSA) is 34.2 Å². The van der Waals surface area contributed by atoms with Crippen molar-refractivity contribution in [3.05, 3.63) is 47.9 Å². The van der Waals surface area contributed by atoms with Crippen LogP contribution in [0.2, 0.25) is 0 Å². The van der Waals surface area contributed by atoms with Crippen LogP contribution in [0.25, 0.3) is 11.1 Å². The molecule has 3 rings (SSSR count). The van der Waals surface area contributed by atoms with E-state index in [1.54, 1.807) is 18.3 Å². The summed E-state index contributed by atoms with van der Waals surface area (Å²) in [6.45, 7) is 2.24. The van der Waals surface area contributed by atoms with Crippen LogP contribution in [0.1, 0.15) is 18.4 Å². The van der Waals surface area contributed by atoms with Gasteiger partial charge in [0.1, 0.15) is 5.82 Å². The molecule has 0 unspecified atom stereocenters. The quantitative estimate of drug-likeness (QED) is 0.866. The molecule has 20 heavy (non-hydrogen) atoms. The highest BCUT2D eigenvalue weighted by molar-refractivity contribution is 5.69. The van der Waals surface area contributed by atoms with Crippen molar-refractivity contribution >= 4 is 0 Å². The summed E-state index contributed by atoms with van der Waals surface area (Å²) in [5.74, 6) is 0.390. The van der Waals surface area contributed by atoms with Crippen molar-refractivity contribution < 1.29 is 9.13 Å². The van der Waals surface area contributed by atoms with Gasteiger partial charge in [-0.05, 0) is 37.1 Å². The van der Waals surface area contributed by atoms with Gasteiger partial charge < -0.3 is 10.1 Å². The molecular weight excluding hydrogens is 255 g/mol. The van der Waals surface area contributed by atoms with Crippen LogP contribution in [0.5, 0.6) is 5.88 Å². The molecular formula is C16H17FN2O. The lowest BCUT2D eigenvalue weighted by atomic mass is 10.0. The van der Waals surface area contributed by atoms with Gasteiger partial charge in [0.15, 0.2) is 0 Å². The first-order valence-electron chi connectivity index (χ1n) is 6.92. The Morgan fingerprint density at radius 3 is 2.90 bits per heavy atom. The Morgan fingerprint density at radius 2 is 2.00 bits per heavy atom. The summed E-state index contributed by atoms with van der Waals surface area (Å²) >= 11 is 0. The Bertz CT molecular complexity index is 601. The molecule has 0 atom stereocenters. The molecule has 1 aromatic carbocycles. The van der Waals surface area contributed by atoms with E-state index < -0.39 is 0 Å². The lowest BCUT2D eigenvalue weighted by molar-refractivity contribution is 0.296. The van der Waals surface area contributed by atoms with Gasteiger partial charge in [0.05, 0.1) is 6.61 Å². The number of fused-ring (bicyclic) bond motifs is 1. The van der Waals surface area contributed by atoms with E-state index in [4.69, 9.17) is 4.74 Å². The summed E-state index contributed by atoms with van der Waals surface area (Å²) in [6, 6.07) is 8.65. The summed E-state index contributed by atoms with van der Waals surface area (Å²) in [5.41, 5.74) is 2.37. The van der Waals surface area contributed by atoms with Crippen molar-refractivity contribution in [3.63, 3.8) is 0 Å². The number of hydrogen-bond donors (Lipinski definition) is 1. The fourth-order valence-electron chi connectivity index (χ4n) is 2.43. The predicted molar refractivity (Wildman–Crippen MR) is 76.1 cm³/mol. The molecule has 0 fully saturated rings. The standard InChI is InChI=1S/C16H17FN2O/c17-15-6-2-1-5-13(15)12-7-9-19-16-14(12)11-18-8-3-4-10-20-16/h1-2,5-7,9,18H,3-4,8,10-11H2. The van der Waals surface area contributed by atoms with Gasteiger partial charge in [0.25, 0.3) is 0 Å². The lowest BCUT2D eigenvalue weighted by Gasteiger charge is -2.14. The molecule has 0 aliphatic carbocycles. The highest BCUT2D eigenvalue weighted by Crippen LogP contribution is 2.31. The first-order valence-corrected chi connectivity index (χ1v) is 6.92. The molecule has 1 aliphatic heterocycles. The summed E-state index contributed by atoms with van der Waals surface area (Å²) in [6.07, 6.45) is 3.75. The molecule has 3 nitrogen and oxygen atoms in total. The number of benzene rings is 1. The number of nitrogens with zero attached hydrogens (tertiary/aromatic N) is 1. The predicted octanol–water partition coefficient (Wildman–Crippen LogP) is 3.15. The van der Waals surface area contributed by atoms with Gasteiger partial charge in [-0.25, -0.2) is 9.37 Å². The Morgan fingerprint density at radius 1 is 1.10 bits per heavy atom. The third-order valence-corrected chi connectivity index (χ3v) is 3.47. The highest BCUT2D eigenvalue weighted by Gasteiger charge is 2.15. The Hall–Kier alpha value is -1.94. The van der Waals surface area contributed by atoms with E-state index >= 15 is 0 Å². The van der Waals surface area contributed by atoms with E-state index in [1.165, 1.54) is 6.07 Å². The van der Waals surface area contributed by atoms with Crippen molar-refractivity contribution in [3.8, 4) is 17.0 Å². The normalized spacial score (nSPS) is 15.4. The molecule has 2 heterocycles. The van der Waals surface area contributed by atoms with Gasteiger partial charge in [-0.1, -0.05) is 18.2 Å². The molecule has 0 radical (unpaired) electrons. The van der Waals surface area contributed by atoms with E-state index in [2.05, 4.69) is 10.3 Å². The maximum atomic E-state index is 14.0. The molecule has 0 amide bonds. The number of aromatic nitrogens is 1. The van der Waals surface area contributed by atoms with Gasteiger partial charge >= 0.3 is 0 Å². The number of rotatable bonds is 1. The molecule has 4 heteroatoms. The van der Waals surface area contributed by atoms with Gasteiger partial charge in [0.2, 0.25) is 5.88 Å². The van der Waals surface area contributed by atoms with Crippen molar-refractivity contribution in [2.24, 2.45) is 0 Å². The van der Waals surface area contributed by atoms with E-state index in [0.29, 0.717) is 24.6 Å². The average molecular weight is 272 g/mol. The van der Waals surface area contributed by atoms with E-state index in [0.717, 1.165) is 30.5 Å². The second-order valence-electron chi connectivity index (χ2n) is 4.85. The van der Waals surface area contributed by atoms with Gasteiger partial charge in [-0.2, -0.15) is 0 Å². The Labute approximate surface area is 117 Å². The zero-order valence-electron chi connectivity index (χ0n) is 11.2. The molecule has 0 bridgehead atoms. The minimum absolute atomic E-state index is 0.222. The minimum atomic E-state index is -0.222. The third-order valence-electron chi connectivity index (χ3n) is 3.47. The number of nitrogens with one attached hydrogen (secondary N) is 1. The van der Waals surface area contributed by atoms with E-state index in [1.807, 2.05) is 12.1 Å². The van der Waals surface area contributed by atoms with Crippen molar-refractivity contribution in [1.82, 2.24) is 10.3 Å². The number of pyridine rings is 1. The fourth-order valence-corrected chi connectivity index (χ4v) is 2.43. The SMILES string of the molecule is Fc1ccccc1-c1ccnc2c1CNCCCCO2. The van der Waals surface area contributed by atoms with Gasteiger partial charge in [0, 0.05) is 23.9 Å². The maximum absolute atomic E-state index is 14.0. The van der Waals surface area contributed by atoms with Crippen LogP contribution in [0.15, 0.2) is 36.5 Å². The zero-order valence-corrected chi connectivity index (χ0v) is 11.2. The molecule has 0 saturated carbocycles. The fraction of sp³-hybridized carbons (Fsp3) is 0.312. The summed E-state index contributed by atoms with van der Waals surface area (Å²) in [7, 11) is 0. The minimum Gasteiger partial charge on any atom is -0.477 e. The molecule has 1 aromatic heterocycles. The molecule has 1 aliphatic rings. The van der Waals surface area contributed by atoms with Crippen LogP contribution >= 0.6 is 0 Å². The number of halogens is 1. The second kappa shape index (κ2) is 6.01. The van der Waals surface area contributed by atoms with Crippen LogP contribution < -0.4 is 10.1 Å². The van der Waals surface area contributed by atoms with E-state index in [-0.39, 0.29) is 5.82 Å². The Balaban J connectivity index is 2.08. The van der Waals surface area contributed by atoms with Crippen molar-refractivity contribution in [1.29, 1.82) is 0 Å². The van der Waals surface area contributed by atoms with Crippen molar-refractivity contribution in [2.45, 2.75) is 19.4 Å². The summed E-state index contributed by atoms with van der Waals surface area (Å²) in [5, 5.41) is 3.37. The van der Waals surface area contributed by atoms with Crippen LogP contribution in [0, 0.1) is 5.82 Å². The van der Waals surface area contributed by atoms with Crippen LogP contribution in [0.4, 0.5) is 4.39 Å².